The Kier molecular flexibility index (Phi) is 5.30. The van der Waals surface area contributed by atoms with Crippen LogP contribution in [0.25, 0.3) is 0 Å². The number of hydrogen-bond acceptors (Lipinski definition) is 5. The van der Waals surface area contributed by atoms with E-state index in [9.17, 15) is 5.11 Å². The molecular weight excluding hydrogens is 248 g/mol. The summed E-state index contributed by atoms with van der Waals surface area (Å²) in [5.41, 5.74) is 1.06. The summed E-state index contributed by atoms with van der Waals surface area (Å²) in [6, 6.07) is 9.84. The number of aliphatic hydroxyl groups excluding tert-OH is 1. The first-order chi connectivity index (χ1) is 9.26. The lowest BCUT2D eigenvalue weighted by molar-refractivity contribution is -0.274. The average Bonchev–Trinajstić information content (AvgIpc) is 2.46. The van der Waals surface area contributed by atoms with Crippen molar-refractivity contribution in [1.82, 2.24) is 0 Å². The molecule has 0 spiro atoms. The minimum Gasteiger partial charge on any atom is -0.376 e. The van der Waals surface area contributed by atoms with E-state index in [-0.39, 0.29) is 18.8 Å². The van der Waals surface area contributed by atoms with E-state index in [0.717, 1.165) is 5.56 Å². The predicted molar refractivity (Wildman–Crippen MR) is 68.6 cm³/mol. The molecule has 1 heterocycles. The molecule has 1 aliphatic rings. The molecule has 1 aromatic carbocycles. The quantitative estimate of drug-likeness (QED) is 0.861. The summed E-state index contributed by atoms with van der Waals surface area (Å²) >= 11 is 0. The van der Waals surface area contributed by atoms with Crippen LogP contribution in [0.3, 0.4) is 0 Å². The van der Waals surface area contributed by atoms with Gasteiger partial charge in [-0.3, -0.25) is 0 Å². The van der Waals surface area contributed by atoms with Gasteiger partial charge in [-0.25, -0.2) is 0 Å². The van der Waals surface area contributed by atoms with Crippen LogP contribution in [0, 0.1) is 0 Å². The Morgan fingerprint density at radius 3 is 2.53 bits per heavy atom. The van der Waals surface area contributed by atoms with Gasteiger partial charge in [-0.15, -0.1) is 0 Å². The highest BCUT2D eigenvalue weighted by Crippen LogP contribution is 2.22. The molecule has 0 unspecified atom stereocenters. The number of aliphatic hydroxyl groups is 1. The Morgan fingerprint density at radius 2 is 1.89 bits per heavy atom. The Balaban J connectivity index is 2.01. The third-order valence-electron chi connectivity index (χ3n) is 3.26. The van der Waals surface area contributed by atoms with Gasteiger partial charge in [-0.1, -0.05) is 30.3 Å². The molecular formula is C14H20O5. The summed E-state index contributed by atoms with van der Waals surface area (Å²) in [6.07, 6.45) is -2.16. The summed E-state index contributed by atoms with van der Waals surface area (Å²) in [4.78, 5) is 0. The summed E-state index contributed by atoms with van der Waals surface area (Å²) in [6.45, 7) is 0.731. The zero-order valence-electron chi connectivity index (χ0n) is 11.2. The Bertz CT molecular complexity index is 369. The summed E-state index contributed by atoms with van der Waals surface area (Å²) < 4.78 is 21.6. The topological polar surface area (TPSA) is 57.2 Å². The Morgan fingerprint density at radius 1 is 1.16 bits per heavy atom. The van der Waals surface area contributed by atoms with E-state index in [1.54, 1.807) is 7.11 Å². The Hall–Kier alpha value is -0.980. The first-order valence-electron chi connectivity index (χ1n) is 6.27. The molecule has 1 saturated heterocycles. The van der Waals surface area contributed by atoms with Crippen molar-refractivity contribution in [2.75, 3.05) is 20.8 Å². The van der Waals surface area contributed by atoms with Crippen LogP contribution in [0.15, 0.2) is 30.3 Å². The van der Waals surface area contributed by atoms with Gasteiger partial charge in [0.05, 0.1) is 13.2 Å². The molecule has 19 heavy (non-hydrogen) atoms. The lowest BCUT2D eigenvalue weighted by atomic mass is 10.0. The fourth-order valence-corrected chi connectivity index (χ4v) is 2.18. The number of methoxy groups -OCH3 is 2. The van der Waals surface area contributed by atoms with Crippen LogP contribution >= 0.6 is 0 Å². The molecule has 0 aliphatic carbocycles. The maximum absolute atomic E-state index is 9.77. The van der Waals surface area contributed by atoms with Crippen LogP contribution in [0.2, 0.25) is 0 Å². The molecule has 5 heteroatoms. The number of ether oxygens (including phenoxy) is 4. The Labute approximate surface area is 113 Å². The van der Waals surface area contributed by atoms with E-state index in [2.05, 4.69) is 0 Å². The molecule has 1 N–H and O–H groups in total. The van der Waals surface area contributed by atoms with Crippen LogP contribution in [0.5, 0.6) is 0 Å². The molecule has 106 valence electrons. The zero-order chi connectivity index (χ0) is 13.7. The van der Waals surface area contributed by atoms with Gasteiger partial charge in [-0.2, -0.15) is 0 Å². The zero-order valence-corrected chi connectivity index (χ0v) is 11.2. The van der Waals surface area contributed by atoms with Gasteiger partial charge in [0.2, 0.25) is 0 Å². The molecule has 0 saturated carbocycles. The first-order valence-corrected chi connectivity index (χ1v) is 6.27. The van der Waals surface area contributed by atoms with Crippen LogP contribution in [0.1, 0.15) is 5.56 Å². The van der Waals surface area contributed by atoms with Crippen molar-refractivity contribution >= 4 is 0 Å². The van der Waals surface area contributed by atoms with Crippen molar-refractivity contribution in [3.8, 4) is 0 Å². The van der Waals surface area contributed by atoms with E-state index >= 15 is 0 Å². The molecule has 1 aromatic rings. The molecule has 1 fully saturated rings. The summed E-state index contributed by atoms with van der Waals surface area (Å²) in [5.74, 6) is 0. The van der Waals surface area contributed by atoms with E-state index in [1.807, 2.05) is 30.3 Å². The van der Waals surface area contributed by atoms with Crippen LogP contribution in [0.4, 0.5) is 0 Å². The van der Waals surface area contributed by atoms with Crippen molar-refractivity contribution in [1.29, 1.82) is 0 Å². The lowest BCUT2D eigenvalue weighted by Crippen LogP contribution is -2.55. The molecule has 2 rings (SSSR count). The van der Waals surface area contributed by atoms with E-state index in [0.29, 0.717) is 6.61 Å². The minimum atomic E-state index is -0.989. The monoisotopic (exact) mass is 268 g/mol. The lowest BCUT2D eigenvalue weighted by Gasteiger charge is -2.38. The second kappa shape index (κ2) is 6.98. The van der Waals surface area contributed by atoms with E-state index < -0.39 is 12.4 Å². The SMILES string of the molecule is CO[C@H]1[C@H](OCc2ccccc2)[C@@H](OC)CO[C@H]1O. The molecule has 0 amide bonds. The van der Waals surface area contributed by atoms with Crippen LogP contribution < -0.4 is 0 Å². The molecule has 4 atom stereocenters. The maximum atomic E-state index is 9.77. The minimum absolute atomic E-state index is 0.253. The van der Waals surface area contributed by atoms with Crippen LogP contribution in [-0.2, 0) is 25.6 Å². The third kappa shape index (κ3) is 3.52. The van der Waals surface area contributed by atoms with Gasteiger partial charge in [0.25, 0.3) is 0 Å². The van der Waals surface area contributed by atoms with Crippen molar-refractivity contribution < 1.29 is 24.1 Å². The van der Waals surface area contributed by atoms with Crippen molar-refractivity contribution in [3.05, 3.63) is 35.9 Å². The molecule has 0 aromatic heterocycles. The van der Waals surface area contributed by atoms with Gasteiger partial charge >= 0.3 is 0 Å². The second-order valence-corrected chi connectivity index (χ2v) is 4.46. The highest BCUT2D eigenvalue weighted by molar-refractivity contribution is 5.13. The molecule has 0 bridgehead atoms. The van der Waals surface area contributed by atoms with Crippen molar-refractivity contribution in [2.24, 2.45) is 0 Å². The van der Waals surface area contributed by atoms with Gasteiger partial charge < -0.3 is 24.1 Å². The molecule has 1 aliphatic heterocycles. The summed E-state index contributed by atoms with van der Waals surface area (Å²) in [5, 5.41) is 9.77. The third-order valence-corrected chi connectivity index (χ3v) is 3.26. The first kappa shape index (κ1) is 14.4. The van der Waals surface area contributed by atoms with Gasteiger partial charge in [0.1, 0.15) is 18.3 Å². The number of hydrogen-bond donors (Lipinski definition) is 1. The van der Waals surface area contributed by atoms with Crippen LogP contribution in [-0.4, -0.2) is 50.5 Å². The fraction of sp³-hybridized carbons (Fsp3) is 0.571. The van der Waals surface area contributed by atoms with Gasteiger partial charge in [0, 0.05) is 14.2 Å². The highest BCUT2D eigenvalue weighted by Gasteiger charge is 2.41. The predicted octanol–water partition coefficient (Wildman–Crippen LogP) is 0.950. The second-order valence-electron chi connectivity index (χ2n) is 4.46. The van der Waals surface area contributed by atoms with Gasteiger partial charge in [0.15, 0.2) is 6.29 Å². The largest absolute Gasteiger partial charge is 0.376 e. The number of benzene rings is 1. The van der Waals surface area contributed by atoms with E-state index in [4.69, 9.17) is 18.9 Å². The maximum Gasteiger partial charge on any atom is 0.183 e. The standard InChI is InChI=1S/C14H20O5/c1-16-11-9-19-14(15)13(17-2)12(11)18-8-10-6-4-3-5-7-10/h3-7,11-15H,8-9H2,1-2H3/t11-,12+,13-,14+/m0/s1. The van der Waals surface area contributed by atoms with Crippen molar-refractivity contribution in [3.63, 3.8) is 0 Å². The molecule has 5 nitrogen and oxygen atoms in total. The average molecular weight is 268 g/mol. The summed E-state index contributed by atoms with van der Waals surface area (Å²) in [7, 11) is 3.12. The van der Waals surface area contributed by atoms with Crippen molar-refractivity contribution in [2.45, 2.75) is 31.2 Å². The number of rotatable bonds is 5. The highest BCUT2D eigenvalue weighted by atomic mass is 16.7. The molecule has 0 radical (unpaired) electrons. The smallest absolute Gasteiger partial charge is 0.183 e. The normalized spacial score (nSPS) is 31.3. The van der Waals surface area contributed by atoms with E-state index in [1.165, 1.54) is 7.11 Å². The van der Waals surface area contributed by atoms with Gasteiger partial charge in [-0.05, 0) is 5.56 Å². The fourth-order valence-electron chi connectivity index (χ4n) is 2.18.